The van der Waals surface area contributed by atoms with Gasteiger partial charge in [-0.3, -0.25) is 19.8 Å². The Balaban J connectivity index is 1.68. The highest BCUT2D eigenvalue weighted by molar-refractivity contribution is 6.31. The van der Waals surface area contributed by atoms with E-state index in [2.05, 4.69) is 9.88 Å². The maximum atomic E-state index is 13.0. The Morgan fingerprint density at radius 2 is 1.78 bits per heavy atom. The van der Waals surface area contributed by atoms with E-state index in [1.54, 1.807) is 12.1 Å². The Bertz CT molecular complexity index is 1220. The zero-order valence-corrected chi connectivity index (χ0v) is 18.4. The summed E-state index contributed by atoms with van der Waals surface area (Å²) in [6.07, 6.45) is 3.00. The highest BCUT2D eigenvalue weighted by Crippen LogP contribution is 2.25. The average molecular weight is 432 g/mol. The largest absolute Gasteiger partial charge is 0.467 e. The van der Waals surface area contributed by atoms with Crippen LogP contribution in [-0.2, 0) is 16.1 Å². The van der Waals surface area contributed by atoms with Crippen molar-refractivity contribution in [3.05, 3.63) is 77.0 Å². The van der Waals surface area contributed by atoms with Gasteiger partial charge in [-0.05, 0) is 68.0 Å². The molecule has 0 radical (unpaired) electrons. The molecule has 0 saturated carbocycles. The number of anilines is 1. The highest BCUT2D eigenvalue weighted by Gasteiger charge is 2.36. The number of aryl methyl sites for hydroxylation is 1. The number of nitrogens with one attached hydrogen (secondary N) is 1. The van der Waals surface area contributed by atoms with Crippen molar-refractivity contribution >= 4 is 29.6 Å². The number of carbonyl (C=O) groups excluding carboxylic acids is 3. The van der Waals surface area contributed by atoms with Crippen LogP contribution in [0.2, 0.25) is 0 Å². The Hall–Kier alpha value is -4.07. The van der Waals surface area contributed by atoms with Crippen LogP contribution in [0.15, 0.2) is 58.7 Å². The van der Waals surface area contributed by atoms with Gasteiger partial charge in [-0.1, -0.05) is 0 Å². The third-order valence-corrected chi connectivity index (χ3v) is 5.47. The molecule has 0 atom stereocenters. The van der Waals surface area contributed by atoms with Crippen LogP contribution in [0.5, 0.6) is 0 Å². The van der Waals surface area contributed by atoms with E-state index in [1.165, 1.54) is 12.3 Å². The summed E-state index contributed by atoms with van der Waals surface area (Å²) in [6, 6.07) is 12.6. The van der Waals surface area contributed by atoms with Crippen molar-refractivity contribution in [1.29, 1.82) is 0 Å². The van der Waals surface area contributed by atoms with Crippen LogP contribution in [0, 0.1) is 13.8 Å². The van der Waals surface area contributed by atoms with Crippen LogP contribution in [0.4, 0.5) is 10.5 Å². The van der Waals surface area contributed by atoms with Gasteiger partial charge in [-0.15, -0.1) is 0 Å². The first-order valence-electron chi connectivity index (χ1n) is 10.1. The molecule has 1 aliphatic rings. The van der Waals surface area contributed by atoms with Crippen molar-refractivity contribution in [3.8, 4) is 5.69 Å². The van der Waals surface area contributed by atoms with Crippen molar-refractivity contribution in [2.45, 2.75) is 20.4 Å². The fourth-order valence-electron chi connectivity index (χ4n) is 3.78. The smallest absolute Gasteiger partial charge is 0.331 e. The van der Waals surface area contributed by atoms with Gasteiger partial charge in [0.2, 0.25) is 0 Å². The molecule has 1 aliphatic heterocycles. The number of aromatic nitrogens is 1. The molecule has 4 amide bonds. The van der Waals surface area contributed by atoms with Crippen LogP contribution in [-0.4, -0.2) is 41.4 Å². The number of carbonyl (C=O) groups is 3. The van der Waals surface area contributed by atoms with Crippen molar-refractivity contribution in [1.82, 2.24) is 14.8 Å². The molecule has 4 rings (SSSR count). The zero-order valence-electron chi connectivity index (χ0n) is 18.4. The van der Waals surface area contributed by atoms with E-state index >= 15 is 0 Å². The normalized spacial score (nSPS) is 15.4. The molecule has 3 aromatic rings. The van der Waals surface area contributed by atoms with Crippen LogP contribution < -0.4 is 10.2 Å². The summed E-state index contributed by atoms with van der Waals surface area (Å²) in [5.41, 5.74) is 4.53. The minimum Gasteiger partial charge on any atom is -0.467 e. The van der Waals surface area contributed by atoms with Gasteiger partial charge in [0, 0.05) is 36.9 Å². The van der Waals surface area contributed by atoms with Gasteiger partial charge >= 0.3 is 6.03 Å². The highest BCUT2D eigenvalue weighted by atomic mass is 16.3. The topological polar surface area (TPSA) is 87.8 Å². The van der Waals surface area contributed by atoms with Gasteiger partial charge in [-0.25, -0.2) is 4.79 Å². The van der Waals surface area contributed by atoms with E-state index < -0.39 is 17.8 Å². The van der Waals surface area contributed by atoms with Crippen molar-refractivity contribution < 1.29 is 18.8 Å². The van der Waals surface area contributed by atoms with E-state index in [4.69, 9.17) is 4.42 Å². The third-order valence-electron chi connectivity index (χ3n) is 5.47. The summed E-state index contributed by atoms with van der Waals surface area (Å²) in [4.78, 5) is 40.6. The second-order valence-corrected chi connectivity index (χ2v) is 7.86. The number of benzene rings is 1. The van der Waals surface area contributed by atoms with E-state index in [0.29, 0.717) is 5.76 Å². The fraction of sp³-hybridized carbons (Fsp3) is 0.208. The van der Waals surface area contributed by atoms with Gasteiger partial charge in [0.15, 0.2) is 0 Å². The number of hydrogen-bond donors (Lipinski definition) is 1. The molecule has 1 N–H and O–H groups in total. The third kappa shape index (κ3) is 3.82. The van der Waals surface area contributed by atoms with Gasteiger partial charge < -0.3 is 13.9 Å². The lowest BCUT2D eigenvalue weighted by molar-refractivity contribution is -0.130. The summed E-state index contributed by atoms with van der Waals surface area (Å²) < 4.78 is 7.30. The Kier molecular flexibility index (Phi) is 5.44. The summed E-state index contributed by atoms with van der Waals surface area (Å²) in [5.74, 6) is -0.923. The van der Waals surface area contributed by atoms with E-state index in [-0.39, 0.29) is 12.1 Å². The molecule has 8 heteroatoms. The molecule has 1 saturated heterocycles. The van der Waals surface area contributed by atoms with Crippen molar-refractivity contribution in [2.75, 3.05) is 19.0 Å². The molecule has 1 fully saturated rings. The van der Waals surface area contributed by atoms with E-state index in [1.807, 2.05) is 63.2 Å². The molecule has 32 heavy (non-hydrogen) atoms. The lowest BCUT2D eigenvalue weighted by atomic mass is 10.1. The molecule has 0 aliphatic carbocycles. The molecule has 8 nitrogen and oxygen atoms in total. The molecular formula is C24H24N4O4. The molecule has 0 unspecified atom stereocenters. The molecule has 164 valence electrons. The Morgan fingerprint density at radius 1 is 1.06 bits per heavy atom. The van der Waals surface area contributed by atoms with Gasteiger partial charge in [0.25, 0.3) is 11.8 Å². The lowest BCUT2D eigenvalue weighted by Gasteiger charge is -2.25. The van der Waals surface area contributed by atoms with Gasteiger partial charge in [-0.2, -0.15) is 0 Å². The number of furan rings is 1. The second kappa shape index (κ2) is 8.22. The van der Waals surface area contributed by atoms with E-state index in [9.17, 15) is 14.4 Å². The number of hydrogen-bond acceptors (Lipinski definition) is 5. The maximum Gasteiger partial charge on any atom is 0.331 e. The monoisotopic (exact) mass is 432 g/mol. The Morgan fingerprint density at radius 3 is 2.41 bits per heavy atom. The van der Waals surface area contributed by atoms with Crippen LogP contribution >= 0.6 is 0 Å². The molecule has 2 aromatic heterocycles. The summed E-state index contributed by atoms with van der Waals surface area (Å²) in [5, 5.41) is 2.24. The molecule has 0 bridgehead atoms. The zero-order chi connectivity index (χ0) is 23.0. The minimum absolute atomic E-state index is 0.0560. The number of nitrogens with zero attached hydrogens (tertiary/aromatic N) is 3. The van der Waals surface area contributed by atoms with Crippen molar-refractivity contribution in [2.24, 2.45) is 0 Å². The molecule has 3 heterocycles. The molecular weight excluding hydrogens is 408 g/mol. The molecule has 1 aromatic carbocycles. The number of urea groups is 1. The number of rotatable bonds is 5. The SMILES string of the molecule is Cc1cc(/C=C2\C(=O)NC(=O)N(Cc3ccco3)C2=O)c(C)n1-c1ccc(N(C)C)cc1. The summed E-state index contributed by atoms with van der Waals surface area (Å²) in [7, 11) is 3.97. The first-order valence-corrected chi connectivity index (χ1v) is 10.1. The van der Waals surface area contributed by atoms with Gasteiger partial charge in [0.1, 0.15) is 11.3 Å². The predicted octanol–water partition coefficient (Wildman–Crippen LogP) is 3.42. The predicted molar refractivity (Wildman–Crippen MR) is 120 cm³/mol. The number of imide groups is 2. The summed E-state index contributed by atoms with van der Waals surface area (Å²) >= 11 is 0. The molecule has 0 spiro atoms. The number of barbiturate groups is 1. The quantitative estimate of drug-likeness (QED) is 0.493. The maximum absolute atomic E-state index is 13.0. The fourth-order valence-corrected chi connectivity index (χ4v) is 3.78. The Labute approximate surface area is 185 Å². The van der Waals surface area contributed by atoms with Gasteiger partial charge in [0.05, 0.1) is 12.8 Å². The lowest BCUT2D eigenvalue weighted by Crippen LogP contribution is -2.53. The standard InChI is InChI=1S/C24H24N4O4/c1-15-12-17(16(2)28(15)19-9-7-18(8-10-19)26(3)4)13-21-22(29)25-24(31)27(23(21)30)14-20-6-5-11-32-20/h5-13H,14H2,1-4H3,(H,25,29,31)/b21-13+. The van der Waals surface area contributed by atoms with Crippen LogP contribution in [0.25, 0.3) is 11.8 Å². The second-order valence-electron chi connectivity index (χ2n) is 7.86. The first kappa shape index (κ1) is 21.2. The number of amides is 4. The van der Waals surface area contributed by atoms with Crippen LogP contribution in [0.3, 0.4) is 0 Å². The summed E-state index contributed by atoms with van der Waals surface area (Å²) in [6.45, 7) is 3.83. The van der Waals surface area contributed by atoms with E-state index in [0.717, 1.165) is 33.2 Å². The minimum atomic E-state index is -0.764. The van der Waals surface area contributed by atoms with Crippen LogP contribution in [0.1, 0.15) is 22.7 Å². The first-order chi connectivity index (χ1) is 15.3. The van der Waals surface area contributed by atoms with Crippen molar-refractivity contribution in [3.63, 3.8) is 0 Å². The average Bonchev–Trinajstić information content (AvgIpc) is 3.36.